The number of carboxylic acids is 1. The molecule has 8 nitrogen and oxygen atoms in total. The van der Waals surface area contributed by atoms with Crippen LogP contribution < -0.4 is 5.32 Å². The quantitative estimate of drug-likeness (QED) is 0.741. The number of nitrogens with one attached hydrogen (secondary N) is 1. The first-order chi connectivity index (χ1) is 11.2. The Labute approximate surface area is 145 Å². The van der Waals surface area contributed by atoms with Gasteiger partial charge < -0.3 is 10.4 Å². The monoisotopic (exact) mass is 374 g/mol. The first-order valence-corrected chi connectivity index (χ1v) is 9.93. The lowest BCUT2D eigenvalue weighted by atomic mass is 10.00. The highest BCUT2D eigenvalue weighted by Crippen LogP contribution is 2.50. The maximum absolute atomic E-state index is 11.5. The molecule has 0 amide bonds. The number of hydrogen-bond donors (Lipinski definition) is 2. The van der Waals surface area contributed by atoms with Gasteiger partial charge in [-0.3, -0.25) is 4.79 Å². The number of piperidine rings is 1. The van der Waals surface area contributed by atoms with Gasteiger partial charge in [0, 0.05) is 30.9 Å². The van der Waals surface area contributed by atoms with Gasteiger partial charge in [-0.1, -0.05) is 11.6 Å². The van der Waals surface area contributed by atoms with Crippen LogP contribution in [0, 0.1) is 0 Å². The van der Waals surface area contributed by atoms with Gasteiger partial charge in [0.05, 0.1) is 11.7 Å². The fourth-order valence-corrected chi connectivity index (χ4v) is 4.17. The maximum atomic E-state index is 11.5. The zero-order valence-electron chi connectivity index (χ0n) is 13.2. The lowest BCUT2D eigenvalue weighted by molar-refractivity contribution is -0.140. The van der Waals surface area contributed by atoms with Crippen LogP contribution in [0.25, 0.3) is 0 Å². The second kappa shape index (κ2) is 6.12. The fourth-order valence-electron chi connectivity index (χ4n) is 2.99. The van der Waals surface area contributed by atoms with Gasteiger partial charge in [-0.25, -0.2) is 22.7 Å². The van der Waals surface area contributed by atoms with Crippen LogP contribution in [0.3, 0.4) is 0 Å². The molecule has 3 rings (SSSR count). The smallest absolute Gasteiger partial charge is 0.314 e. The van der Waals surface area contributed by atoms with Crippen LogP contribution in [0.15, 0.2) is 6.20 Å². The van der Waals surface area contributed by atoms with E-state index in [0.717, 1.165) is 0 Å². The van der Waals surface area contributed by atoms with Gasteiger partial charge in [-0.15, -0.1) is 0 Å². The number of halogens is 1. The summed E-state index contributed by atoms with van der Waals surface area (Å²) >= 11 is 6.16. The molecule has 1 aliphatic heterocycles. The molecule has 0 atom stereocenters. The molecule has 1 saturated heterocycles. The Morgan fingerprint density at radius 3 is 2.50 bits per heavy atom. The van der Waals surface area contributed by atoms with Gasteiger partial charge in [0.1, 0.15) is 5.15 Å². The summed E-state index contributed by atoms with van der Waals surface area (Å²) in [6.07, 6.45) is 5.07. The van der Waals surface area contributed by atoms with Crippen LogP contribution in [0.5, 0.6) is 0 Å². The summed E-state index contributed by atoms with van der Waals surface area (Å²) in [5.74, 6) is -0.565. The van der Waals surface area contributed by atoms with Crippen LogP contribution in [-0.4, -0.2) is 59.2 Å². The molecule has 2 fully saturated rings. The molecule has 24 heavy (non-hydrogen) atoms. The molecule has 0 aromatic carbocycles. The van der Waals surface area contributed by atoms with E-state index in [4.69, 9.17) is 11.6 Å². The Morgan fingerprint density at radius 2 is 2.04 bits per heavy atom. The van der Waals surface area contributed by atoms with E-state index in [2.05, 4.69) is 15.3 Å². The third-order valence-corrected chi connectivity index (χ3v) is 6.26. The average Bonchev–Trinajstić information content (AvgIpc) is 3.28. The minimum absolute atomic E-state index is 0.0549. The van der Waals surface area contributed by atoms with E-state index in [9.17, 15) is 18.3 Å². The Morgan fingerprint density at radius 1 is 1.42 bits per heavy atom. The zero-order chi connectivity index (χ0) is 17.5. The van der Waals surface area contributed by atoms with Gasteiger partial charge in [0.25, 0.3) is 0 Å². The standard InChI is InChI=1S/C14H19ClN4O4S/c1-24(22,23)19-6-2-9(3-7-19)17-13-16-8-10(11(15)18-13)14(4-5-14)12(20)21/h8-9H,2-7H2,1H3,(H,20,21)(H,16,17,18). The fraction of sp³-hybridized carbons (Fsp3) is 0.643. The molecule has 132 valence electrons. The first-order valence-electron chi connectivity index (χ1n) is 7.70. The molecule has 0 unspecified atom stereocenters. The molecular formula is C14H19ClN4O4S. The van der Waals surface area contributed by atoms with Gasteiger partial charge in [-0.2, -0.15) is 0 Å². The van der Waals surface area contributed by atoms with Crippen molar-refractivity contribution in [2.45, 2.75) is 37.1 Å². The number of hydrogen-bond acceptors (Lipinski definition) is 6. The number of carbonyl (C=O) groups is 1. The van der Waals surface area contributed by atoms with Crippen molar-refractivity contribution in [3.05, 3.63) is 16.9 Å². The van der Waals surface area contributed by atoms with Crippen molar-refractivity contribution in [1.82, 2.24) is 14.3 Å². The molecule has 0 radical (unpaired) electrons. The molecular weight excluding hydrogens is 356 g/mol. The van der Waals surface area contributed by atoms with E-state index in [-0.39, 0.29) is 11.2 Å². The summed E-state index contributed by atoms with van der Waals surface area (Å²) < 4.78 is 24.5. The third-order valence-electron chi connectivity index (χ3n) is 4.67. The number of sulfonamides is 1. The SMILES string of the molecule is CS(=O)(=O)N1CCC(Nc2ncc(C3(C(=O)O)CC3)c(Cl)n2)CC1. The molecule has 2 N–H and O–H groups in total. The first kappa shape index (κ1) is 17.4. The van der Waals surface area contributed by atoms with Crippen molar-refractivity contribution in [1.29, 1.82) is 0 Å². The number of aromatic nitrogens is 2. The van der Waals surface area contributed by atoms with E-state index in [1.54, 1.807) is 0 Å². The summed E-state index contributed by atoms with van der Waals surface area (Å²) in [6, 6.07) is 0.0549. The molecule has 2 aliphatic rings. The minimum Gasteiger partial charge on any atom is -0.481 e. The number of nitrogens with zero attached hydrogens (tertiary/aromatic N) is 3. The average molecular weight is 375 g/mol. The van der Waals surface area contributed by atoms with Crippen molar-refractivity contribution in [3.63, 3.8) is 0 Å². The van der Waals surface area contributed by atoms with Gasteiger partial charge >= 0.3 is 5.97 Å². The summed E-state index contributed by atoms with van der Waals surface area (Å²) in [7, 11) is -3.15. The van der Waals surface area contributed by atoms with E-state index in [1.165, 1.54) is 16.8 Å². The van der Waals surface area contributed by atoms with Crippen LogP contribution in [-0.2, 0) is 20.2 Å². The molecule has 1 aromatic heterocycles. The molecule has 2 heterocycles. The maximum Gasteiger partial charge on any atom is 0.314 e. The predicted octanol–water partition coefficient (Wildman–Crippen LogP) is 1.08. The molecule has 1 aromatic rings. The molecule has 10 heteroatoms. The van der Waals surface area contributed by atoms with Gasteiger partial charge in [-0.05, 0) is 25.7 Å². The summed E-state index contributed by atoms with van der Waals surface area (Å²) in [5, 5.41) is 12.6. The van der Waals surface area contributed by atoms with Gasteiger partial charge in [0.15, 0.2) is 0 Å². The molecule has 0 bridgehead atoms. The van der Waals surface area contributed by atoms with Crippen LogP contribution >= 0.6 is 11.6 Å². The summed E-state index contributed by atoms with van der Waals surface area (Å²) in [6.45, 7) is 0.898. The molecule has 1 saturated carbocycles. The lowest BCUT2D eigenvalue weighted by Gasteiger charge is -2.30. The Balaban J connectivity index is 1.65. The summed E-state index contributed by atoms with van der Waals surface area (Å²) in [5.41, 5.74) is -0.481. The normalized spacial score (nSPS) is 21.4. The van der Waals surface area contributed by atoms with Crippen molar-refractivity contribution in [2.75, 3.05) is 24.7 Å². The third kappa shape index (κ3) is 3.33. The van der Waals surface area contributed by atoms with Crippen LogP contribution in [0.1, 0.15) is 31.2 Å². The Hall–Kier alpha value is -1.45. The largest absolute Gasteiger partial charge is 0.481 e. The Bertz CT molecular complexity index is 758. The van der Waals surface area contributed by atoms with E-state index in [0.29, 0.717) is 50.3 Å². The van der Waals surface area contributed by atoms with Crippen molar-refractivity contribution in [2.24, 2.45) is 0 Å². The zero-order valence-corrected chi connectivity index (χ0v) is 14.8. The van der Waals surface area contributed by atoms with E-state index in [1.807, 2.05) is 0 Å². The Kier molecular flexibility index (Phi) is 4.43. The highest BCUT2D eigenvalue weighted by molar-refractivity contribution is 7.88. The molecule has 1 aliphatic carbocycles. The number of aliphatic carboxylic acids is 1. The number of carboxylic acid groups (broad SMARTS) is 1. The van der Waals surface area contributed by atoms with E-state index < -0.39 is 21.4 Å². The van der Waals surface area contributed by atoms with E-state index >= 15 is 0 Å². The molecule has 0 spiro atoms. The van der Waals surface area contributed by atoms with Crippen LogP contribution in [0.4, 0.5) is 5.95 Å². The van der Waals surface area contributed by atoms with Crippen molar-refractivity contribution < 1.29 is 18.3 Å². The topological polar surface area (TPSA) is 112 Å². The van der Waals surface area contributed by atoms with Crippen LogP contribution in [0.2, 0.25) is 5.15 Å². The lowest BCUT2D eigenvalue weighted by Crippen LogP contribution is -2.42. The van der Waals surface area contributed by atoms with Crippen molar-refractivity contribution in [3.8, 4) is 0 Å². The van der Waals surface area contributed by atoms with Gasteiger partial charge in [0.2, 0.25) is 16.0 Å². The summed E-state index contributed by atoms with van der Waals surface area (Å²) in [4.78, 5) is 19.7. The number of anilines is 1. The highest BCUT2D eigenvalue weighted by atomic mass is 35.5. The van der Waals surface area contributed by atoms with Crippen molar-refractivity contribution >= 4 is 33.5 Å². The minimum atomic E-state index is -3.15. The second-order valence-corrected chi connectivity index (χ2v) is 8.71. The predicted molar refractivity (Wildman–Crippen MR) is 88.7 cm³/mol. The highest BCUT2D eigenvalue weighted by Gasteiger charge is 2.53. The number of rotatable bonds is 5. The second-order valence-electron chi connectivity index (χ2n) is 6.37.